The van der Waals surface area contributed by atoms with Crippen molar-refractivity contribution in [2.45, 2.75) is 0 Å². The maximum absolute atomic E-state index is 5.81. The predicted molar refractivity (Wildman–Crippen MR) is 92.5 cm³/mol. The van der Waals surface area contributed by atoms with Gasteiger partial charge in [0.2, 0.25) is 11.0 Å². The highest BCUT2D eigenvalue weighted by Crippen LogP contribution is 2.29. The Hall–Kier alpha value is -2.58. The molecule has 0 atom stereocenters. The number of pyridine rings is 1. The van der Waals surface area contributed by atoms with Crippen molar-refractivity contribution in [3.8, 4) is 11.1 Å². The van der Waals surface area contributed by atoms with Gasteiger partial charge in [-0.3, -0.25) is 0 Å². The van der Waals surface area contributed by atoms with Crippen LogP contribution >= 0.6 is 0 Å². The quantitative estimate of drug-likeness (QED) is 0.317. The molecule has 0 fully saturated rings. The van der Waals surface area contributed by atoms with E-state index in [4.69, 9.17) is 5.73 Å². The molecule has 1 heterocycles. The number of halogens is 1. The number of rotatable bonds is 1. The third-order valence-electron chi connectivity index (χ3n) is 4.26. The number of nitrogens with two attached hydrogens (primary N) is 1. The smallest absolute Gasteiger partial charge is 0.213 e. The van der Waals surface area contributed by atoms with Crippen LogP contribution in [0.1, 0.15) is 0 Å². The summed E-state index contributed by atoms with van der Waals surface area (Å²) >= 11 is 0. The second kappa shape index (κ2) is 5.90. The molecule has 0 unspecified atom stereocenters. The van der Waals surface area contributed by atoms with Crippen molar-refractivity contribution in [1.82, 2.24) is 0 Å². The number of aromatic nitrogens is 1. The molecule has 0 aliphatic heterocycles. The molecular formula is C20H17ClN2. The largest absolute Gasteiger partial charge is 1.00 e. The Balaban J connectivity index is 0.00000156. The predicted octanol–water partition coefficient (Wildman–Crippen LogP) is 1.07. The Morgan fingerprint density at radius 3 is 2.26 bits per heavy atom. The third kappa shape index (κ3) is 2.51. The van der Waals surface area contributed by atoms with E-state index in [0.717, 1.165) is 5.69 Å². The van der Waals surface area contributed by atoms with Crippen LogP contribution in [0.25, 0.3) is 32.9 Å². The van der Waals surface area contributed by atoms with Crippen LogP contribution in [0.2, 0.25) is 0 Å². The molecule has 23 heavy (non-hydrogen) atoms. The van der Waals surface area contributed by atoms with Crippen LogP contribution in [-0.2, 0) is 7.05 Å². The van der Waals surface area contributed by atoms with E-state index < -0.39 is 0 Å². The highest BCUT2D eigenvalue weighted by Gasteiger charge is 2.14. The zero-order valence-electron chi connectivity index (χ0n) is 12.8. The van der Waals surface area contributed by atoms with E-state index in [1.165, 1.54) is 32.9 Å². The van der Waals surface area contributed by atoms with Crippen LogP contribution in [-0.4, -0.2) is 0 Å². The first kappa shape index (κ1) is 15.3. The molecule has 114 valence electrons. The Bertz CT molecular complexity index is 991. The Morgan fingerprint density at radius 2 is 1.48 bits per heavy atom. The van der Waals surface area contributed by atoms with Gasteiger partial charge in [-0.05, 0) is 35.4 Å². The van der Waals surface area contributed by atoms with Crippen LogP contribution in [0.5, 0.6) is 0 Å². The Kier molecular flexibility index (Phi) is 3.93. The van der Waals surface area contributed by atoms with Crippen molar-refractivity contribution in [2.24, 2.45) is 7.05 Å². The molecule has 3 aromatic carbocycles. The van der Waals surface area contributed by atoms with Gasteiger partial charge in [-0.25, -0.2) is 0 Å². The summed E-state index contributed by atoms with van der Waals surface area (Å²) in [5.41, 5.74) is 11.5. The average molecular weight is 321 g/mol. The Morgan fingerprint density at radius 1 is 0.783 bits per heavy atom. The fourth-order valence-corrected chi connectivity index (χ4v) is 3.11. The van der Waals surface area contributed by atoms with Gasteiger partial charge in [-0.15, -0.1) is 0 Å². The molecule has 0 saturated heterocycles. The number of nitrogen functional groups attached to an aromatic ring is 1. The fourth-order valence-electron chi connectivity index (χ4n) is 3.11. The van der Waals surface area contributed by atoms with Gasteiger partial charge in [0.05, 0.1) is 5.39 Å². The molecule has 0 aliphatic rings. The van der Waals surface area contributed by atoms with Crippen LogP contribution < -0.4 is 22.7 Å². The zero-order valence-corrected chi connectivity index (χ0v) is 13.6. The summed E-state index contributed by atoms with van der Waals surface area (Å²) in [7, 11) is 2.12. The van der Waals surface area contributed by atoms with Gasteiger partial charge in [0.1, 0.15) is 7.05 Å². The summed E-state index contributed by atoms with van der Waals surface area (Å²) < 4.78 is 2.26. The molecular weight excluding hydrogens is 304 g/mol. The molecule has 0 saturated carbocycles. The van der Waals surface area contributed by atoms with Crippen molar-refractivity contribution in [3.63, 3.8) is 0 Å². The topological polar surface area (TPSA) is 29.9 Å². The van der Waals surface area contributed by atoms with Gasteiger partial charge in [0, 0.05) is 23.2 Å². The number of aryl methyl sites for hydroxylation is 1. The molecule has 4 aromatic rings. The van der Waals surface area contributed by atoms with Crippen molar-refractivity contribution < 1.29 is 17.0 Å². The van der Waals surface area contributed by atoms with Crippen molar-refractivity contribution in [1.29, 1.82) is 0 Å². The van der Waals surface area contributed by atoms with Crippen LogP contribution in [0, 0.1) is 0 Å². The number of nitrogens with zero attached hydrogens (tertiary/aromatic N) is 1. The van der Waals surface area contributed by atoms with Gasteiger partial charge in [0.15, 0.2) is 0 Å². The lowest BCUT2D eigenvalue weighted by Gasteiger charge is -2.08. The summed E-state index contributed by atoms with van der Waals surface area (Å²) in [6.45, 7) is 0. The second-order valence-electron chi connectivity index (χ2n) is 5.62. The monoisotopic (exact) mass is 320 g/mol. The van der Waals surface area contributed by atoms with Crippen LogP contribution in [0.3, 0.4) is 0 Å². The standard InChI is InChI=1S/C20H16N2.ClH/c1-22-19-7-3-2-5-15(19)13-18-17(6-4-8-20(18)22)14-9-11-16(21)12-10-14;/h2-13,21H,1H3;1H. The molecule has 4 rings (SSSR count). The first-order valence-corrected chi connectivity index (χ1v) is 7.40. The third-order valence-corrected chi connectivity index (χ3v) is 4.26. The molecule has 2 N–H and O–H groups in total. The minimum atomic E-state index is 0. The van der Waals surface area contributed by atoms with Crippen molar-refractivity contribution >= 4 is 27.5 Å². The van der Waals surface area contributed by atoms with Gasteiger partial charge in [-0.2, -0.15) is 4.57 Å². The highest BCUT2D eigenvalue weighted by atomic mass is 35.5. The number of hydrogen-bond acceptors (Lipinski definition) is 1. The van der Waals surface area contributed by atoms with Crippen molar-refractivity contribution in [3.05, 3.63) is 72.8 Å². The number of benzene rings is 3. The summed E-state index contributed by atoms with van der Waals surface area (Å²) in [5.74, 6) is 0. The first-order chi connectivity index (χ1) is 10.7. The van der Waals surface area contributed by atoms with Crippen LogP contribution in [0.4, 0.5) is 5.69 Å². The Labute approximate surface area is 141 Å². The van der Waals surface area contributed by atoms with E-state index in [9.17, 15) is 0 Å². The summed E-state index contributed by atoms with van der Waals surface area (Å²) in [6, 6.07) is 25.3. The number of para-hydroxylation sites is 1. The minimum Gasteiger partial charge on any atom is -1.00 e. The number of anilines is 1. The fraction of sp³-hybridized carbons (Fsp3) is 0.0500. The summed E-state index contributed by atoms with van der Waals surface area (Å²) in [4.78, 5) is 0. The van der Waals surface area contributed by atoms with E-state index in [2.05, 4.69) is 72.3 Å². The van der Waals surface area contributed by atoms with E-state index in [1.807, 2.05) is 12.1 Å². The molecule has 2 nitrogen and oxygen atoms in total. The van der Waals surface area contributed by atoms with Crippen LogP contribution in [0.15, 0.2) is 72.8 Å². The normalized spacial score (nSPS) is 10.7. The molecule has 3 heteroatoms. The van der Waals surface area contributed by atoms with Gasteiger partial charge in [-0.1, -0.05) is 36.4 Å². The average Bonchev–Trinajstić information content (AvgIpc) is 2.56. The maximum atomic E-state index is 5.81. The molecule has 0 spiro atoms. The minimum absolute atomic E-state index is 0. The lowest BCUT2D eigenvalue weighted by Crippen LogP contribution is -3.00. The lowest BCUT2D eigenvalue weighted by molar-refractivity contribution is -0.617. The lowest BCUT2D eigenvalue weighted by atomic mass is 9.99. The molecule has 1 aromatic heterocycles. The molecule has 0 radical (unpaired) electrons. The van der Waals surface area contributed by atoms with Crippen molar-refractivity contribution in [2.75, 3.05) is 5.73 Å². The number of fused-ring (bicyclic) bond motifs is 2. The molecule has 0 aliphatic carbocycles. The van der Waals surface area contributed by atoms with Gasteiger partial charge < -0.3 is 18.1 Å². The zero-order chi connectivity index (χ0) is 15.1. The SMILES string of the molecule is C[n+]1c2ccccc2cc2c(-c3ccc(N)cc3)cccc21.[Cl-]. The van der Waals surface area contributed by atoms with E-state index in [0.29, 0.717) is 0 Å². The van der Waals surface area contributed by atoms with E-state index >= 15 is 0 Å². The second-order valence-corrected chi connectivity index (χ2v) is 5.62. The van der Waals surface area contributed by atoms with E-state index in [1.54, 1.807) is 0 Å². The highest BCUT2D eigenvalue weighted by molar-refractivity contribution is 5.98. The summed E-state index contributed by atoms with van der Waals surface area (Å²) in [6.07, 6.45) is 0. The molecule has 0 bridgehead atoms. The first-order valence-electron chi connectivity index (χ1n) is 7.40. The van der Waals surface area contributed by atoms with Gasteiger partial charge >= 0.3 is 0 Å². The van der Waals surface area contributed by atoms with E-state index in [-0.39, 0.29) is 12.4 Å². The molecule has 0 amide bonds. The maximum Gasteiger partial charge on any atom is 0.213 e. The number of hydrogen-bond donors (Lipinski definition) is 1. The van der Waals surface area contributed by atoms with Gasteiger partial charge in [0.25, 0.3) is 0 Å². The summed E-state index contributed by atoms with van der Waals surface area (Å²) in [5, 5.41) is 2.51.